The first-order valence-electron chi connectivity index (χ1n) is 13.5. The highest BCUT2D eigenvalue weighted by atomic mass is 16.5. The van der Waals surface area contributed by atoms with Gasteiger partial charge in [0.2, 0.25) is 0 Å². The molecule has 198 valence electrons. The van der Waals surface area contributed by atoms with Crippen molar-refractivity contribution in [1.29, 1.82) is 0 Å². The van der Waals surface area contributed by atoms with E-state index in [4.69, 9.17) is 14.7 Å². The molecule has 1 fully saturated rings. The maximum atomic E-state index is 10.2. The molecule has 3 heterocycles. The summed E-state index contributed by atoms with van der Waals surface area (Å²) in [7, 11) is 0. The third-order valence-electron chi connectivity index (χ3n) is 6.71. The first-order valence-corrected chi connectivity index (χ1v) is 13.5. The summed E-state index contributed by atoms with van der Waals surface area (Å²) >= 11 is 0. The summed E-state index contributed by atoms with van der Waals surface area (Å²) in [6.45, 7) is 8.35. The fourth-order valence-corrected chi connectivity index (χ4v) is 4.93. The molecule has 0 amide bonds. The van der Waals surface area contributed by atoms with E-state index in [9.17, 15) is 5.11 Å². The molecule has 1 aromatic carbocycles. The SMILES string of the molecule is CC(C)(C)Cc1ccc(-c2cccc(Nc3cncc(N4CCCC(OC5=C(O)CCC=C5)C4)n3)n2)cc1. The van der Waals surface area contributed by atoms with Crippen LogP contribution in [0.2, 0.25) is 0 Å². The van der Waals surface area contributed by atoms with Crippen LogP contribution in [0.15, 0.2) is 78.5 Å². The largest absolute Gasteiger partial charge is 0.508 e. The van der Waals surface area contributed by atoms with Crippen LogP contribution in [0.25, 0.3) is 11.3 Å². The number of ether oxygens (including phenoxy) is 1. The van der Waals surface area contributed by atoms with Crippen molar-refractivity contribution >= 4 is 17.5 Å². The zero-order chi connectivity index (χ0) is 26.5. The van der Waals surface area contributed by atoms with Crippen molar-refractivity contribution in [2.24, 2.45) is 5.41 Å². The van der Waals surface area contributed by atoms with Gasteiger partial charge in [-0.25, -0.2) is 9.97 Å². The zero-order valence-corrected chi connectivity index (χ0v) is 22.5. The number of pyridine rings is 1. The molecule has 1 atom stereocenters. The van der Waals surface area contributed by atoms with Gasteiger partial charge < -0.3 is 20.1 Å². The molecule has 7 heteroatoms. The molecule has 2 aliphatic rings. The monoisotopic (exact) mass is 511 g/mol. The Bertz CT molecular complexity index is 1310. The molecule has 2 aromatic heterocycles. The Morgan fingerprint density at radius 3 is 2.68 bits per heavy atom. The predicted octanol–water partition coefficient (Wildman–Crippen LogP) is 6.98. The average Bonchev–Trinajstić information content (AvgIpc) is 2.90. The standard InChI is InChI=1S/C31H37N5O2/c1-31(2,3)18-22-13-15-23(16-14-22)25-9-6-12-28(33-25)34-29-19-32-20-30(35-29)36-17-7-8-24(21-36)38-27-11-5-4-10-26(27)37/h5-6,9,11-16,19-20,24,37H,4,7-8,10,17-18,21H2,1-3H3,(H,33,34,35). The van der Waals surface area contributed by atoms with Crippen LogP contribution in [0.5, 0.6) is 0 Å². The third kappa shape index (κ3) is 6.71. The molecule has 1 saturated heterocycles. The van der Waals surface area contributed by atoms with Crippen LogP contribution in [0.3, 0.4) is 0 Å². The minimum Gasteiger partial charge on any atom is -0.508 e. The second kappa shape index (κ2) is 11.3. The van der Waals surface area contributed by atoms with Crippen molar-refractivity contribution < 1.29 is 9.84 Å². The number of aliphatic hydroxyl groups is 1. The minimum atomic E-state index is -0.00444. The number of nitrogens with one attached hydrogen (secondary N) is 1. The number of hydrogen-bond acceptors (Lipinski definition) is 7. The Labute approximate surface area is 225 Å². The quantitative estimate of drug-likeness (QED) is 0.354. The normalized spacial score (nSPS) is 18.0. The topological polar surface area (TPSA) is 83.4 Å². The van der Waals surface area contributed by atoms with Crippen LogP contribution < -0.4 is 10.2 Å². The lowest BCUT2D eigenvalue weighted by atomic mass is 9.88. The average molecular weight is 512 g/mol. The van der Waals surface area contributed by atoms with Crippen LogP contribution in [0.1, 0.15) is 52.0 Å². The number of hydrogen-bond donors (Lipinski definition) is 2. The highest BCUT2D eigenvalue weighted by Gasteiger charge is 2.24. The molecular formula is C31H37N5O2. The van der Waals surface area contributed by atoms with E-state index in [-0.39, 0.29) is 11.5 Å². The number of piperidine rings is 1. The van der Waals surface area contributed by atoms with Crippen LogP contribution in [0, 0.1) is 5.41 Å². The summed E-state index contributed by atoms with van der Waals surface area (Å²) in [6.07, 6.45) is 11.9. The van der Waals surface area contributed by atoms with E-state index in [2.05, 4.69) is 60.2 Å². The maximum Gasteiger partial charge on any atom is 0.156 e. The van der Waals surface area contributed by atoms with E-state index in [1.165, 1.54) is 5.56 Å². The summed E-state index contributed by atoms with van der Waals surface area (Å²) in [5, 5.41) is 13.5. The molecule has 0 spiro atoms. The molecule has 38 heavy (non-hydrogen) atoms. The van der Waals surface area contributed by atoms with Gasteiger partial charge in [0.15, 0.2) is 11.6 Å². The molecule has 1 aliphatic carbocycles. The van der Waals surface area contributed by atoms with Crippen molar-refractivity contribution in [3.63, 3.8) is 0 Å². The van der Waals surface area contributed by atoms with Gasteiger partial charge in [0.05, 0.1) is 24.6 Å². The lowest BCUT2D eigenvalue weighted by Gasteiger charge is -2.34. The number of nitrogens with zero attached hydrogens (tertiary/aromatic N) is 4. The molecular weight excluding hydrogens is 474 g/mol. The molecule has 1 aliphatic heterocycles. The van der Waals surface area contributed by atoms with Gasteiger partial charge in [-0.3, -0.25) is 4.98 Å². The van der Waals surface area contributed by atoms with Crippen molar-refractivity contribution in [1.82, 2.24) is 15.0 Å². The predicted molar refractivity (Wildman–Crippen MR) is 152 cm³/mol. The lowest BCUT2D eigenvalue weighted by molar-refractivity contribution is 0.0972. The van der Waals surface area contributed by atoms with Gasteiger partial charge in [0.25, 0.3) is 0 Å². The van der Waals surface area contributed by atoms with E-state index in [1.807, 2.05) is 30.4 Å². The van der Waals surface area contributed by atoms with E-state index >= 15 is 0 Å². The van der Waals surface area contributed by atoms with Gasteiger partial charge in [-0.2, -0.15) is 0 Å². The maximum absolute atomic E-state index is 10.2. The number of anilines is 3. The van der Waals surface area contributed by atoms with Gasteiger partial charge in [-0.15, -0.1) is 0 Å². The van der Waals surface area contributed by atoms with Gasteiger partial charge in [-0.05, 0) is 54.9 Å². The second-order valence-corrected chi connectivity index (χ2v) is 11.3. The highest BCUT2D eigenvalue weighted by Crippen LogP contribution is 2.27. The number of aliphatic hydroxyl groups excluding tert-OH is 1. The molecule has 3 aromatic rings. The van der Waals surface area contributed by atoms with Gasteiger partial charge in [-0.1, -0.05) is 57.2 Å². The number of benzene rings is 1. The zero-order valence-electron chi connectivity index (χ0n) is 22.5. The molecule has 0 bridgehead atoms. The molecule has 2 N–H and O–H groups in total. The van der Waals surface area contributed by atoms with Crippen molar-refractivity contribution in [3.8, 4) is 11.3 Å². The van der Waals surface area contributed by atoms with Crippen molar-refractivity contribution in [2.75, 3.05) is 23.3 Å². The van der Waals surface area contributed by atoms with E-state index < -0.39 is 0 Å². The smallest absolute Gasteiger partial charge is 0.156 e. The van der Waals surface area contributed by atoms with Gasteiger partial charge in [0.1, 0.15) is 23.5 Å². The Kier molecular flexibility index (Phi) is 7.63. The molecule has 7 nitrogen and oxygen atoms in total. The summed E-state index contributed by atoms with van der Waals surface area (Å²) in [6, 6.07) is 14.6. The number of aromatic nitrogens is 3. The van der Waals surface area contributed by atoms with Crippen LogP contribution in [0.4, 0.5) is 17.5 Å². The molecule has 0 radical (unpaired) electrons. The van der Waals surface area contributed by atoms with E-state index in [1.54, 1.807) is 12.4 Å². The molecule has 1 unspecified atom stereocenters. The van der Waals surface area contributed by atoms with Crippen molar-refractivity contribution in [3.05, 3.63) is 84.1 Å². The van der Waals surface area contributed by atoms with Gasteiger partial charge >= 0.3 is 0 Å². The molecule has 0 saturated carbocycles. The van der Waals surface area contributed by atoms with Crippen molar-refractivity contribution in [2.45, 2.75) is 59.0 Å². The van der Waals surface area contributed by atoms with Gasteiger partial charge in [0, 0.05) is 18.5 Å². The van der Waals surface area contributed by atoms with Crippen LogP contribution >= 0.6 is 0 Å². The molecule has 5 rings (SSSR count). The first kappa shape index (κ1) is 25.8. The summed E-state index contributed by atoms with van der Waals surface area (Å²) < 4.78 is 6.14. The first-order chi connectivity index (χ1) is 18.3. The van der Waals surface area contributed by atoms with E-state index in [0.717, 1.165) is 55.1 Å². The van der Waals surface area contributed by atoms with Crippen LogP contribution in [-0.2, 0) is 11.2 Å². The third-order valence-corrected chi connectivity index (χ3v) is 6.71. The lowest BCUT2D eigenvalue weighted by Crippen LogP contribution is -2.40. The Hall–Kier alpha value is -3.87. The Morgan fingerprint density at radius 2 is 1.89 bits per heavy atom. The van der Waals surface area contributed by atoms with Crippen LogP contribution in [-0.4, -0.2) is 39.3 Å². The minimum absolute atomic E-state index is 0.00444. The second-order valence-electron chi connectivity index (χ2n) is 11.3. The Balaban J connectivity index is 1.25. The fourth-order valence-electron chi connectivity index (χ4n) is 4.93. The van der Waals surface area contributed by atoms with E-state index in [0.29, 0.717) is 30.3 Å². The summed E-state index contributed by atoms with van der Waals surface area (Å²) in [4.78, 5) is 16.3. The summed E-state index contributed by atoms with van der Waals surface area (Å²) in [5.74, 6) is 3.10. The fraction of sp³-hybridized carbons (Fsp3) is 0.387. The number of rotatable bonds is 7. The highest BCUT2D eigenvalue weighted by molar-refractivity contribution is 5.63. The Morgan fingerprint density at radius 1 is 1.05 bits per heavy atom. The number of allylic oxidation sites excluding steroid dienone is 3. The summed E-state index contributed by atoms with van der Waals surface area (Å²) in [5.41, 5.74) is 3.58.